The van der Waals surface area contributed by atoms with Crippen molar-refractivity contribution in [2.45, 2.75) is 57.6 Å². The molecule has 1 fully saturated rings. The van der Waals surface area contributed by atoms with Gasteiger partial charge in [-0.05, 0) is 13.3 Å². The van der Waals surface area contributed by atoms with E-state index in [0.29, 0.717) is 6.42 Å². The van der Waals surface area contributed by atoms with Crippen LogP contribution in [0.1, 0.15) is 39.3 Å². The fourth-order valence-corrected chi connectivity index (χ4v) is 2.30. The van der Waals surface area contributed by atoms with Crippen LogP contribution in [-0.4, -0.2) is 44.0 Å². The van der Waals surface area contributed by atoms with Crippen LogP contribution < -0.4 is 11.0 Å². The highest BCUT2D eigenvalue weighted by Gasteiger charge is 2.42. The lowest BCUT2D eigenvalue weighted by atomic mass is 10.1. The molecule has 1 aromatic rings. The number of carbonyl (C=O) groups is 1. The Labute approximate surface area is 131 Å². The van der Waals surface area contributed by atoms with Crippen molar-refractivity contribution in [1.82, 2.24) is 9.55 Å². The van der Waals surface area contributed by atoms with E-state index in [4.69, 9.17) is 4.74 Å². The van der Waals surface area contributed by atoms with Crippen molar-refractivity contribution in [3.05, 3.63) is 22.5 Å². The maximum atomic E-state index is 14.1. The highest BCUT2D eigenvalue weighted by Crippen LogP contribution is 2.28. The molecule has 0 unspecified atom stereocenters. The van der Waals surface area contributed by atoms with Crippen molar-refractivity contribution in [3.8, 4) is 0 Å². The number of carbonyl (C=O) groups excluding carboxylic acids is 1. The third-order valence-corrected chi connectivity index (χ3v) is 3.67. The SMILES string of the molecule is CCCCC(=O)Nc1nc(=O)n([C@@H]2O[C@H](C)[C@@H](O)[C@H]2O)cc1F. The van der Waals surface area contributed by atoms with Gasteiger partial charge in [0.2, 0.25) is 5.91 Å². The van der Waals surface area contributed by atoms with Gasteiger partial charge in [-0.2, -0.15) is 4.98 Å². The van der Waals surface area contributed by atoms with Crippen molar-refractivity contribution in [3.63, 3.8) is 0 Å². The Morgan fingerprint density at radius 1 is 1.48 bits per heavy atom. The van der Waals surface area contributed by atoms with Gasteiger partial charge >= 0.3 is 5.69 Å². The topological polar surface area (TPSA) is 114 Å². The second kappa shape index (κ2) is 7.16. The maximum Gasteiger partial charge on any atom is 0.351 e. The van der Waals surface area contributed by atoms with Crippen molar-refractivity contribution < 1.29 is 24.1 Å². The third-order valence-electron chi connectivity index (χ3n) is 3.67. The normalized spacial score (nSPS) is 27.2. The summed E-state index contributed by atoms with van der Waals surface area (Å²) >= 11 is 0. The van der Waals surface area contributed by atoms with E-state index in [1.54, 1.807) is 0 Å². The Balaban J connectivity index is 2.21. The molecule has 0 saturated carbocycles. The van der Waals surface area contributed by atoms with E-state index in [-0.39, 0.29) is 6.42 Å². The minimum Gasteiger partial charge on any atom is -0.388 e. The molecular formula is C14H20FN3O5. The lowest BCUT2D eigenvalue weighted by Gasteiger charge is -2.17. The van der Waals surface area contributed by atoms with Gasteiger partial charge in [-0.15, -0.1) is 0 Å². The number of nitrogens with one attached hydrogen (secondary N) is 1. The number of aliphatic hydroxyl groups is 2. The summed E-state index contributed by atoms with van der Waals surface area (Å²) in [5.74, 6) is -1.83. The summed E-state index contributed by atoms with van der Waals surface area (Å²) in [7, 11) is 0. The molecule has 0 radical (unpaired) electrons. The number of rotatable bonds is 5. The van der Waals surface area contributed by atoms with Gasteiger partial charge in [-0.25, -0.2) is 9.18 Å². The van der Waals surface area contributed by atoms with Crippen molar-refractivity contribution >= 4 is 11.7 Å². The van der Waals surface area contributed by atoms with Crippen LogP contribution in [-0.2, 0) is 9.53 Å². The number of aromatic nitrogens is 2. The Hall–Kier alpha value is -1.84. The van der Waals surface area contributed by atoms with Crippen LogP contribution in [0.15, 0.2) is 11.0 Å². The quantitative estimate of drug-likeness (QED) is 0.709. The number of ether oxygens (including phenoxy) is 1. The second-order valence-electron chi connectivity index (χ2n) is 5.49. The molecule has 1 saturated heterocycles. The molecule has 0 spiro atoms. The molecule has 23 heavy (non-hydrogen) atoms. The summed E-state index contributed by atoms with van der Waals surface area (Å²) in [5, 5.41) is 21.7. The fraction of sp³-hybridized carbons (Fsp3) is 0.643. The second-order valence-corrected chi connectivity index (χ2v) is 5.49. The molecule has 2 rings (SSSR count). The smallest absolute Gasteiger partial charge is 0.351 e. The predicted octanol–water partition coefficient (Wildman–Crippen LogP) is 0.150. The average molecular weight is 329 g/mol. The fourth-order valence-electron chi connectivity index (χ4n) is 2.30. The minimum atomic E-state index is -1.38. The summed E-state index contributed by atoms with van der Waals surface area (Å²) < 4.78 is 20.1. The molecule has 0 bridgehead atoms. The Bertz CT molecular complexity index is 635. The summed E-state index contributed by atoms with van der Waals surface area (Å²) in [5.41, 5.74) is -0.900. The first-order chi connectivity index (χ1) is 10.8. The molecule has 2 heterocycles. The number of hydrogen-bond donors (Lipinski definition) is 3. The maximum absolute atomic E-state index is 14.1. The lowest BCUT2D eigenvalue weighted by molar-refractivity contribution is -0.116. The number of anilines is 1. The molecule has 9 heteroatoms. The Kier molecular flexibility index (Phi) is 5.45. The summed E-state index contributed by atoms with van der Waals surface area (Å²) in [6.07, 6.45) is -2.07. The predicted molar refractivity (Wildman–Crippen MR) is 78.2 cm³/mol. The van der Waals surface area contributed by atoms with Crippen LogP contribution in [0.5, 0.6) is 0 Å². The van der Waals surface area contributed by atoms with Crippen LogP contribution in [0.4, 0.5) is 10.2 Å². The largest absolute Gasteiger partial charge is 0.388 e. The van der Waals surface area contributed by atoms with E-state index in [1.807, 2.05) is 6.92 Å². The van der Waals surface area contributed by atoms with Crippen molar-refractivity contribution in [1.29, 1.82) is 0 Å². The zero-order valence-corrected chi connectivity index (χ0v) is 12.9. The zero-order valence-electron chi connectivity index (χ0n) is 12.9. The summed E-state index contributed by atoms with van der Waals surface area (Å²) in [6, 6.07) is 0. The van der Waals surface area contributed by atoms with Gasteiger partial charge in [0.05, 0.1) is 12.3 Å². The number of amides is 1. The van der Waals surface area contributed by atoms with Gasteiger partial charge in [-0.1, -0.05) is 13.3 Å². The van der Waals surface area contributed by atoms with Crippen LogP contribution >= 0.6 is 0 Å². The van der Waals surface area contributed by atoms with Gasteiger partial charge < -0.3 is 20.3 Å². The lowest BCUT2D eigenvalue weighted by Crippen LogP contribution is -2.36. The first-order valence-corrected chi connectivity index (χ1v) is 7.45. The van der Waals surface area contributed by atoms with Gasteiger partial charge in [0.1, 0.15) is 12.2 Å². The average Bonchev–Trinajstić information content (AvgIpc) is 2.76. The standard InChI is InChI=1S/C14H20FN3O5/c1-3-4-5-9(19)16-12-8(15)6-18(14(22)17-12)13-11(21)10(20)7(2)23-13/h6-7,10-11,13,20-21H,3-5H2,1-2H3,(H,16,17,19,22)/t7-,10-,11-,13-/m1/s1. The molecule has 128 valence electrons. The molecule has 1 aromatic heterocycles. The number of hydrogen-bond acceptors (Lipinski definition) is 6. The molecule has 3 N–H and O–H groups in total. The highest BCUT2D eigenvalue weighted by molar-refractivity contribution is 5.89. The monoisotopic (exact) mass is 329 g/mol. The Morgan fingerprint density at radius 2 is 2.17 bits per heavy atom. The molecular weight excluding hydrogens is 309 g/mol. The van der Waals surface area contributed by atoms with Crippen LogP contribution in [0.25, 0.3) is 0 Å². The number of halogens is 1. The molecule has 1 amide bonds. The molecule has 0 aliphatic carbocycles. The first kappa shape index (κ1) is 17.5. The van der Waals surface area contributed by atoms with E-state index in [1.165, 1.54) is 6.92 Å². The first-order valence-electron chi connectivity index (χ1n) is 7.45. The highest BCUT2D eigenvalue weighted by atomic mass is 19.1. The zero-order chi connectivity index (χ0) is 17.1. The van der Waals surface area contributed by atoms with E-state index in [2.05, 4.69) is 10.3 Å². The van der Waals surface area contributed by atoms with Gasteiger partial charge in [0, 0.05) is 6.42 Å². The number of aliphatic hydroxyl groups excluding tert-OH is 2. The summed E-state index contributed by atoms with van der Waals surface area (Å²) in [4.78, 5) is 27.1. The molecule has 1 aliphatic heterocycles. The van der Waals surface area contributed by atoms with Gasteiger partial charge in [0.15, 0.2) is 17.9 Å². The van der Waals surface area contributed by atoms with Gasteiger partial charge in [0.25, 0.3) is 0 Å². The third kappa shape index (κ3) is 3.74. The van der Waals surface area contributed by atoms with E-state index in [0.717, 1.165) is 17.2 Å². The van der Waals surface area contributed by atoms with Crippen molar-refractivity contribution in [2.24, 2.45) is 0 Å². The van der Waals surface area contributed by atoms with E-state index >= 15 is 0 Å². The molecule has 8 nitrogen and oxygen atoms in total. The van der Waals surface area contributed by atoms with E-state index < -0.39 is 47.8 Å². The Morgan fingerprint density at radius 3 is 2.74 bits per heavy atom. The van der Waals surface area contributed by atoms with Crippen LogP contribution in [0.2, 0.25) is 0 Å². The molecule has 0 aromatic carbocycles. The molecule has 1 aliphatic rings. The molecule has 4 atom stereocenters. The van der Waals surface area contributed by atoms with E-state index in [9.17, 15) is 24.2 Å². The van der Waals surface area contributed by atoms with Crippen LogP contribution in [0, 0.1) is 5.82 Å². The minimum absolute atomic E-state index is 0.203. The van der Waals surface area contributed by atoms with Crippen LogP contribution in [0.3, 0.4) is 0 Å². The van der Waals surface area contributed by atoms with Crippen molar-refractivity contribution in [2.75, 3.05) is 5.32 Å². The number of unbranched alkanes of at least 4 members (excludes halogenated alkanes) is 1. The summed E-state index contributed by atoms with van der Waals surface area (Å²) in [6.45, 7) is 3.43. The van der Waals surface area contributed by atoms with Gasteiger partial charge in [-0.3, -0.25) is 9.36 Å². The number of nitrogens with zero attached hydrogens (tertiary/aromatic N) is 2.